The molecule has 4 heteroatoms. The van der Waals surface area contributed by atoms with Crippen LogP contribution in [0.1, 0.15) is 37.8 Å². The van der Waals surface area contributed by atoms with E-state index in [-0.39, 0.29) is 17.5 Å². The van der Waals surface area contributed by atoms with Crippen LogP contribution in [-0.2, 0) is 0 Å². The summed E-state index contributed by atoms with van der Waals surface area (Å²) in [6.07, 6.45) is 3.79. The molecule has 2 unspecified atom stereocenters. The summed E-state index contributed by atoms with van der Waals surface area (Å²) in [5.74, 6) is 0.265. The summed E-state index contributed by atoms with van der Waals surface area (Å²) in [4.78, 5) is 2.25. The van der Waals surface area contributed by atoms with Gasteiger partial charge in [-0.1, -0.05) is 12.5 Å². The van der Waals surface area contributed by atoms with Crippen LogP contribution in [0.3, 0.4) is 0 Å². The molecule has 0 aromatic heterocycles. The minimum absolute atomic E-state index is 0.102. The van der Waals surface area contributed by atoms with Crippen LogP contribution in [0.4, 0.5) is 0 Å². The summed E-state index contributed by atoms with van der Waals surface area (Å²) in [5.41, 5.74) is 0.858. The summed E-state index contributed by atoms with van der Waals surface area (Å²) < 4.78 is 0. The van der Waals surface area contributed by atoms with E-state index < -0.39 is 0 Å². The first kappa shape index (κ1) is 14.2. The largest absolute Gasteiger partial charge is 0.508 e. The Bertz CT molecular complexity index is 417. The third-order valence-corrected chi connectivity index (χ3v) is 4.05. The van der Waals surface area contributed by atoms with E-state index in [9.17, 15) is 10.2 Å². The standard InChI is InChI=1S/C15H24N2O2/c1-11(14-7-6-13(18)9-15(14)19)17(2)10-12-5-3-4-8-16-12/h6-7,9,11-12,16,18-19H,3-5,8,10H2,1-2H3. The van der Waals surface area contributed by atoms with Crippen LogP contribution in [0, 0.1) is 0 Å². The van der Waals surface area contributed by atoms with Gasteiger partial charge in [0.1, 0.15) is 11.5 Å². The second-order valence-corrected chi connectivity index (χ2v) is 5.51. The van der Waals surface area contributed by atoms with E-state index in [1.807, 2.05) is 0 Å². The average molecular weight is 264 g/mol. The number of aromatic hydroxyl groups is 2. The molecule has 0 spiro atoms. The number of likely N-dealkylation sites (N-methyl/N-ethyl adjacent to an activating group) is 1. The van der Waals surface area contributed by atoms with E-state index in [0.717, 1.165) is 18.7 Å². The van der Waals surface area contributed by atoms with Gasteiger partial charge in [-0.3, -0.25) is 4.90 Å². The fraction of sp³-hybridized carbons (Fsp3) is 0.600. The molecule has 1 saturated heterocycles. The lowest BCUT2D eigenvalue weighted by atomic mass is 10.0. The van der Waals surface area contributed by atoms with Crippen molar-refractivity contribution < 1.29 is 10.2 Å². The Morgan fingerprint density at radius 2 is 2.16 bits per heavy atom. The SMILES string of the molecule is CC(c1ccc(O)cc1O)N(C)CC1CCCCN1. The molecule has 0 aliphatic carbocycles. The highest BCUT2D eigenvalue weighted by molar-refractivity contribution is 5.40. The number of piperidine rings is 1. The van der Waals surface area contributed by atoms with Crippen molar-refractivity contribution in [1.29, 1.82) is 0 Å². The van der Waals surface area contributed by atoms with E-state index in [1.165, 1.54) is 25.3 Å². The minimum atomic E-state index is 0.102. The van der Waals surface area contributed by atoms with Crippen molar-refractivity contribution in [3.8, 4) is 11.5 Å². The molecule has 3 N–H and O–H groups in total. The van der Waals surface area contributed by atoms with Crippen LogP contribution in [0.15, 0.2) is 18.2 Å². The Hall–Kier alpha value is -1.26. The lowest BCUT2D eigenvalue weighted by Crippen LogP contribution is -2.43. The summed E-state index contributed by atoms with van der Waals surface area (Å²) in [6, 6.07) is 5.49. The number of hydrogen-bond donors (Lipinski definition) is 3. The first-order valence-corrected chi connectivity index (χ1v) is 7.03. The zero-order chi connectivity index (χ0) is 13.8. The van der Waals surface area contributed by atoms with Crippen molar-refractivity contribution in [2.24, 2.45) is 0 Å². The lowest BCUT2D eigenvalue weighted by Gasteiger charge is -2.32. The molecule has 0 amide bonds. The molecule has 19 heavy (non-hydrogen) atoms. The fourth-order valence-corrected chi connectivity index (χ4v) is 2.71. The van der Waals surface area contributed by atoms with E-state index in [2.05, 4.69) is 24.2 Å². The topological polar surface area (TPSA) is 55.7 Å². The molecule has 0 radical (unpaired) electrons. The van der Waals surface area contributed by atoms with E-state index in [4.69, 9.17) is 0 Å². The van der Waals surface area contributed by atoms with Crippen molar-refractivity contribution in [3.63, 3.8) is 0 Å². The van der Waals surface area contributed by atoms with Crippen LogP contribution in [0.25, 0.3) is 0 Å². The molecule has 2 rings (SSSR count). The predicted molar refractivity (Wildman–Crippen MR) is 76.5 cm³/mol. The minimum Gasteiger partial charge on any atom is -0.508 e. The van der Waals surface area contributed by atoms with Crippen molar-refractivity contribution in [2.45, 2.75) is 38.3 Å². The maximum atomic E-state index is 9.91. The van der Waals surface area contributed by atoms with Gasteiger partial charge in [0.15, 0.2) is 0 Å². The van der Waals surface area contributed by atoms with E-state index in [0.29, 0.717) is 6.04 Å². The molecule has 2 atom stereocenters. The first-order chi connectivity index (χ1) is 9.08. The molecule has 1 aromatic carbocycles. The fourth-order valence-electron chi connectivity index (χ4n) is 2.71. The summed E-state index contributed by atoms with van der Waals surface area (Å²) in [6.45, 7) is 4.16. The molecule has 1 heterocycles. The second-order valence-electron chi connectivity index (χ2n) is 5.51. The maximum absolute atomic E-state index is 9.91. The van der Waals surface area contributed by atoms with Gasteiger partial charge in [0.2, 0.25) is 0 Å². The van der Waals surface area contributed by atoms with Crippen LogP contribution in [-0.4, -0.2) is 41.3 Å². The van der Waals surface area contributed by atoms with Crippen LogP contribution < -0.4 is 5.32 Å². The zero-order valence-corrected chi connectivity index (χ0v) is 11.8. The Labute approximate surface area is 115 Å². The Balaban J connectivity index is 1.99. The average Bonchev–Trinajstić information content (AvgIpc) is 2.39. The molecule has 1 aliphatic rings. The van der Waals surface area contributed by atoms with Gasteiger partial charge in [0.05, 0.1) is 0 Å². The number of nitrogens with one attached hydrogen (secondary N) is 1. The maximum Gasteiger partial charge on any atom is 0.124 e. The zero-order valence-electron chi connectivity index (χ0n) is 11.8. The number of nitrogens with zero attached hydrogens (tertiary/aromatic N) is 1. The predicted octanol–water partition coefficient (Wildman–Crippen LogP) is 2.23. The number of hydrogen-bond acceptors (Lipinski definition) is 4. The quantitative estimate of drug-likeness (QED) is 0.780. The van der Waals surface area contributed by atoms with Gasteiger partial charge < -0.3 is 15.5 Å². The second kappa shape index (κ2) is 6.26. The Morgan fingerprint density at radius 1 is 1.37 bits per heavy atom. The Kier molecular flexibility index (Phi) is 4.66. The number of rotatable bonds is 4. The van der Waals surface area contributed by atoms with Gasteiger partial charge >= 0.3 is 0 Å². The highest BCUT2D eigenvalue weighted by atomic mass is 16.3. The van der Waals surface area contributed by atoms with Crippen molar-refractivity contribution in [2.75, 3.05) is 20.1 Å². The van der Waals surface area contributed by atoms with Gasteiger partial charge in [-0.05, 0) is 39.4 Å². The third kappa shape index (κ3) is 3.61. The number of benzene rings is 1. The summed E-state index contributed by atoms with van der Waals surface area (Å²) >= 11 is 0. The monoisotopic (exact) mass is 264 g/mol. The molecule has 4 nitrogen and oxygen atoms in total. The molecule has 1 aliphatic heterocycles. The molecule has 0 saturated carbocycles. The van der Waals surface area contributed by atoms with Gasteiger partial charge in [-0.25, -0.2) is 0 Å². The molecule has 0 bridgehead atoms. The molecule has 1 aromatic rings. The normalized spacial score (nSPS) is 21.5. The van der Waals surface area contributed by atoms with Crippen LogP contribution in [0.5, 0.6) is 11.5 Å². The molecular formula is C15H24N2O2. The first-order valence-electron chi connectivity index (χ1n) is 7.03. The van der Waals surface area contributed by atoms with Gasteiger partial charge in [0, 0.05) is 30.3 Å². The molecule has 106 valence electrons. The summed E-state index contributed by atoms with van der Waals surface area (Å²) in [5, 5.41) is 22.8. The highest BCUT2D eigenvalue weighted by Crippen LogP contribution is 2.30. The number of phenols is 2. The lowest BCUT2D eigenvalue weighted by molar-refractivity contribution is 0.211. The van der Waals surface area contributed by atoms with Crippen LogP contribution in [0.2, 0.25) is 0 Å². The summed E-state index contributed by atoms with van der Waals surface area (Å²) in [7, 11) is 2.08. The molecular weight excluding hydrogens is 240 g/mol. The van der Waals surface area contributed by atoms with Gasteiger partial charge in [-0.15, -0.1) is 0 Å². The Morgan fingerprint density at radius 3 is 2.79 bits per heavy atom. The third-order valence-electron chi connectivity index (χ3n) is 4.05. The van der Waals surface area contributed by atoms with Crippen molar-refractivity contribution >= 4 is 0 Å². The van der Waals surface area contributed by atoms with Crippen LogP contribution >= 0.6 is 0 Å². The number of phenolic OH excluding ortho intramolecular Hbond substituents is 2. The smallest absolute Gasteiger partial charge is 0.124 e. The van der Waals surface area contributed by atoms with Gasteiger partial charge in [-0.2, -0.15) is 0 Å². The highest BCUT2D eigenvalue weighted by Gasteiger charge is 2.20. The van der Waals surface area contributed by atoms with Gasteiger partial charge in [0.25, 0.3) is 0 Å². The van der Waals surface area contributed by atoms with E-state index in [1.54, 1.807) is 12.1 Å². The van der Waals surface area contributed by atoms with Crippen molar-refractivity contribution in [1.82, 2.24) is 10.2 Å². The molecule has 1 fully saturated rings. The van der Waals surface area contributed by atoms with Crippen molar-refractivity contribution in [3.05, 3.63) is 23.8 Å². The van der Waals surface area contributed by atoms with E-state index >= 15 is 0 Å².